The van der Waals surface area contributed by atoms with Crippen molar-refractivity contribution in [2.24, 2.45) is 0 Å². The number of nitrogens with one attached hydrogen (secondary N) is 1. The third kappa shape index (κ3) is 4.46. The van der Waals surface area contributed by atoms with Gasteiger partial charge in [-0.2, -0.15) is 0 Å². The van der Waals surface area contributed by atoms with Gasteiger partial charge in [-0.1, -0.05) is 37.5 Å². The van der Waals surface area contributed by atoms with Crippen molar-refractivity contribution in [1.82, 2.24) is 10.2 Å². The van der Waals surface area contributed by atoms with E-state index in [2.05, 4.69) is 5.32 Å². The number of carbonyl (C=O) groups excluding carboxylic acids is 1. The van der Waals surface area contributed by atoms with Gasteiger partial charge in [-0.25, -0.2) is 0 Å². The van der Waals surface area contributed by atoms with E-state index >= 15 is 0 Å². The first-order valence-electron chi connectivity index (χ1n) is 7.83. The molecule has 21 heavy (non-hydrogen) atoms. The molecule has 0 radical (unpaired) electrons. The molecular formula is C17H26N2O2. The molecule has 116 valence electrons. The third-order valence-electron chi connectivity index (χ3n) is 4.21. The zero-order chi connectivity index (χ0) is 15.1. The monoisotopic (exact) mass is 290 g/mol. The normalized spacial score (nSPS) is 15.7. The Morgan fingerprint density at radius 2 is 2.00 bits per heavy atom. The molecule has 2 rings (SSSR count). The fourth-order valence-electron chi connectivity index (χ4n) is 2.89. The number of hydrogen-bond acceptors (Lipinski definition) is 3. The Balaban J connectivity index is 1.88. The van der Waals surface area contributed by atoms with Gasteiger partial charge in [0.1, 0.15) is 5.75 Å². The summed E-state index contributed by atoms with van der Waals surface area (Å²) in [6.07, 6.45) is 6.01. The second-order valence-electron chi connectivity index (χ2n) is 5.72. The zero-order valence-electron chi connectivity index (χ0n) is 13.1. The van der Waals surface area contributed by atoms with Crippen molar-refractivity contribution < 1.29 is 9.53 Å². The van der Waals surface area contributed by atoms with Gasteiger partial charge in [0.2, 0.25) is 0 Å². The molecule has 1 saturated carbocycles. The highest BCUT2D eigenvalue weighted by Crippen LogP contribution is 2.22. The smallest absolute Gasteiger partial charge is 0.260 e. The van der Waals surface area contributed by atoms with E-state index in [9.17, 15) is 4.79 Å². The molecule has 4 nitrogen and oxygen atoms in total. The van der Waals surface area contributed by atoms with E-state index in [1.807, 2.05) is 43.3 Å². The maximum absolute atomic E-state index is 12.3. The zero-order valence-corrected chi connectivity index (χ0v) is 13.1. The molecule has 1 amide bonds. The van der Waals surface area contributed by atoms with E-state index in [1.54, 1.807) is 0 Å². The maximum Gasteiger partial charge on any atom is 0.260 e. The Labute approximate surface area is 127 Å². The van der Waals surface area contributed by atoms with Crippen LogP contribution in [0.5, 0.6) is 5.75 Å². The Hall–Kier alpha value is -1.55. The number of amides is 1. The van der Waals surface area contributed by atoms with Gasteiger partial charge in [-0.3, -0.25) is 4.79 Å². The lowest BCUT2D eigenvalue weighted by Crippen LogP contribution is -2.40. The number of carbonyl (C=O) groups is 1. The molecule has 0 aliphatic heterocycles. The second-order valence-corrected chi connectivity index (χ2v) is 5.72. The van der Waals surface area contributed by atoms with Crippen LogP contribution in [0.15, 0.2) is 24.3 Å². The topological polar surface area (TPSA) is 41.6 Å². The highest BCUT2D eigenvalue weighted by Gasteiger charge is 2.22. The molecule has 1 aliphatic rings. The van der Waals surface area contributed by atoms with Crippen molar-refractivity contribution in [3.63, 3.8) is 0 Å². The highest BCUT2D eigenvalue weighted by atomic mass is 16.5. The molecule has 1 N–H and O–H groups in total. The van der Waals surface area contributed by atoms with Crippen LogP contribution in [0.2, 0.25) is 0 Å². The average Bonchev–Trinajstić information content (AvgIpc) is 2.54. The predicted molar refractivity (Wildman–Crippen MR) is 84.3 cm³/mol. The molecule has 1 aromatic carbocycles. The van der Waals surface area contributed by atoms with Gasteiger partial charge in [-0.15, -0.1) is 0 Å². The summed E-state index contributed by atoms with van der Waals surface area (Å²) in [5, 5.41) is 3.11. The van der Waals surface area contributed by atoms with Gasteiger partial charge >= 0.3 is 0 Å². The molecular weight excluding hydrogens is 264 g/mol. The number of hydrogen-bond donors (Lipinski definition) is 1. The summed E-state index contributed by atoms with van der Waals surface area (Å²) >= 11 is 0. The number of para-hydroxylation sites is 1. The summed E-state index contributed by atoms with van der Waals surface area (Å²) in [5.74, 6) is 0.860. The number of ether oxygens (including phenoxy) is 1. The summed E-state index contributed by atoms with van der Waals surface area (Å²) in [4.78, 5) is 14.1. The van der Waals surface area contributed by atoms with Crippen LogP contribution in [-0.4, -0.2) is 37.6 Å². The van der Waals surface area contributed by atoms with Crippen LogP contribution in [-0.2, 0) is 11.3 Å². The second kappa shape index (κ2) is 8.03. The van der Waals surface area contributed by atoms with Crippen LogP contribution in [0.3, 0.4) is 0 Å². The first-order valence-corrected chi connectivity index (χ1v) is 7.83. The molecule has 0 unspecified atom stereocenters. The Morgan fingerprint density at radius 1 is 1.29 bits per heavy atom. The molecule has 1 aromatic rings. The summed E-state index contributed by atoms with van der Waals surface area (Å²) in [6.45, 7) is 0.858. The lowest BCUT2D eigenvalue weighted by atomic mass is 9.94. The Morgan fingerprint density at radius 3 is 2.71 bits per heavy atom. The van der Waals surface area contributed by atoms with E-state index < -0.39 is 0 Å². The van der Waals surface area contributed by atoms with Crippen molar-refractivity contribution in [3.8, 4) is 5.75 Å². The van der Waals surface area contributed by atoms with Crippen molar-refractivity contribution >= 4 is 5.91 Å². The van der Waals surface area contributed by atoms with Crippen molar-refractivity contribution in [3.05, 3.63) is 29.8 Å². The fraction of sp³-hybridized carbons (Fsp3) is 0.588. The number of nitrogens with zero attached hydrogens (tertiary/aromatic N) is 1. The molecule has 0 atom stereocenters. The quantitative estimate of drug-likeness (QED) is 0.875. The predicted octanol–water partition coefficient (Wildman–Crippen LogP) is 2.58. The van der Waals surface area contributed by atoms with E-state index in [0.717, 1.165) is 30.7 Å². The molecule has 4 heteroatoms. The fourth-order valence-corrected chi connectivity index (χ4v) is 2.89. The van der Waals surface area contributed by atoms with Crippen LogP contribution in [0.1, 0.15) is 37.7 Å². The minimum atomic E-state index is 0.0705. The van der Waals surface area contributed by atoms with E-state index in [1.165, 1.54) is 19.3 Å². The molecule has 1 aliphatic carbocycles. The molecule has 1 fully saturated rings. The van der Waals surface area contributed by atoms with Crippen LogP contribution in [0, 0.1) is 0 Å². The van der Waals surface area contributed by atoms with Crippen LogP contribution < -0.4 is 10.1 Å². The summed E-state index contributed by atoms with van der Waals surface area (Å²) in [6, 6.07) is 8.24. The largest absolute Gasteiger partial charge is 0.483 e. The minimum Gasteiger partial charge on any atom is -0.483 e. The summed E-state index contributed by atoms with van der Waals surface area (Å²) in [7, 11) is 3.81. The number of likely N-dealkylation sites (N-methyl/N-ethyl adjacent to an activating group) is 1. The van der Waals surface area contributed by atoms with E-state index in [4.69, 9.17) is 4.74 Å². The third-order valence-corrected chi connectivity index (χ3v) is 4.21. The lowest BCUT2D eigenvalue weighted by molar-refractivity contribution is -0.134. The van der Waals surface area contributed by atoms with Crippen LogP contribution >= 0.6 is 0 Å². The van der Waals surface area contributed by atoms with Crippen molar-refractivity contribution in [2.75, 3.05) is 20.7 Å². The maximum atomic E-state index is 12.3. The van der Waals surface area contributed by atoms with Gasteiger partial charge in [0.15, 0.2) is 6.61 Å². The average molecular weight is 290 g/mol. The van der Waals surface area contributed by atoms with E-state index in [-0.39, 0.29) is 12.5 Å². The Bertz CT molecular complexity index is 456. The number of benzene rings is 1. The summed E-state index contributed by atoms with van der Waals surface area (Å²) in [5.41, 5.74) is 1.08. The van der Waals surface area contributed by atoms with Gasteiger partial charge in [0.25, 0.3) is 5.91 Å². The van der Waals surface area contributed by atoms with Gasteiger partial charge in [0.05, 0.1) is 0 Å². The Kier molecular flexibility index (Phi) is 6.05. The standard InChI is InChI=1S/C17H26N2O2/c1-18-12-14-8-6-7-11-16(14)21-13-17(20)19(2)15-9-4-3-5-10-15/h6-8,11,15,18H,3-5,9-10,12-13H2,1-2H3. The van der Waals surface area contributed by atoms with Gasteiger partial charge in [-0.05, 0) is 26.0 Å². The van der Waals surface area contributed by atoms with Crippen molar-refractivity contribution in [2.45, 2.75) is 44.7 Å². The molecule has 0 aromatic heterocycles. The SMILES string of the molecule is CNCc1ccccc1OCC(=O)N(C)C1CCCCC1. The highest BCUT2D eigenvalue weighted by molar-refractivity contribution is 5.77. The van der Waals surface area contributed by atoms with Gasteiger partial charge in [0, 0.05) is 25.2 Å². The van der Waals surface area contributed by atoms with E-state index in [0.29, 0.717) is 6.04 Å². The molecule has 0 saturated heterocycles. The van der Waals surface area contributed by atoms with Gasteiger partial charge < -0.3 is 15.0 Å². The molecule has 0 spiro atoms. The summed E-state index contributed by atoms with van der Waals surface area (Å²) < 4.78 is 5.73. The molecule has 0 bridgehead atoms. The van der Waals surface area contributed by atoms with Crippen molar-refractivity contribution in [1.29, 1.82) is 0 Å². The lowest BCUT2D eigenvalue weighted by Gasteiger charge is -2.31. The number of rotatable bonds is 6. The van der Waals surface area contributed by atoms with Crippen LogP contribution in [0.4, 0.5) is 0 Å². The minimum absolute atomic E-state index is 0.0705. The molecule has 0 heterocycles. The first-order chi connectivity index (χ1) is 10.2. The van der Waals surface area contributed by atoms with Crippen LogP contribution in [0.25, 0.3) is 0 Å². The first kappa shape index (κ1) is 15.8.